The summed E-state index contributed by atoms with van der Waals surface area (Å²) in [4.78, 5) is 4.22. The molecule has 1 aromatic carbocycles. The highest BCUT2D eigenvalue weighted by atomic mass is 79.9. The van der Waals surface area contributed by atoms with Crippen molar-refractivity contribution in [2.45, 2.75) is 13.8 Å². The maximum absolute atomic E-state index is 8.78. The van der Waals surface area contributed by atoms with Gasteiger partial charge in [-0.25, -0.2) is 4.98 Å². The molecule has 90 valence electrons. The second kappa shape index (κ2) is 5.19. The van der Waals surface area contributed by atoms with Gasteiger partial charge in [-0.05, 0) is 59.1 Å². The lowest BCUT2D eigenvalue weighted by atomic mass is 10.1. The molecule has 0 radical (unpaired) electrons. The molecule has 2 aromatic rings. The van der Waals surface area contributed by atoms with Gasteiger partial charge in [0.25, 0.3) is 0 Å². The minimum absolute atomic E-state index is 0.535. The number of benzene rings is 1. The number of hydrogen-bond acceptors (Lipinski definition) is 3. The molecule has 1 N–H and O–H groups in total. The molecular formula is C14H12BrN3. The molecule has 0 aliphatic heterocycles. The van der Waals surface area contributed by atoms with E-state index < -0.39 is 0 Å². The van der Waals surface area contributed by atoms with Gasteiger partial charge in [0, 0.05) is 11.9 Å². The van der Waals surface area contributed by atoms with E-state index in [1.807, 2.05) is 0 Å². The molecule has 0 unspecified atom stereocenters. The summed E-state index contributed by atoms with van der Waals surface area (Å²) in [6, 6.07) is 10.0. The van der Waals surface area contributed by atoms with Crippen molar-refractivity contribution in [3.63, 3.8) is 0 Å². The third kappa shape index (κ3) is 2.88. The van der Waals surface area contributed by atoms with Gasteiger partial charge in [0.15, 0.2) is 0 Å². The van der Waals surface area contributed by atoms with E-state index in [0.717, 1.165) is 10.2 Å². The first-order chi connectivity index (χ1) is 8.58. The molecule has 0 aliphatic carbocycles. The first kappa shape index (κ1) is 12.6. The number of pyridine rings is 1. The number of aromatic nitrogens is 1. The summed E-state index contributed by atoms with van der Waals surface area (Å²) in [6.07, 6.45) is 1.55. The van der Waals surface area contributed by atoms with Crippen LogP contribution < -0.4 is 5.32 Å². The molecule has 0 aliphatic rings. The third-order valence-electron chi connectivity index (χ3n) is 2.45. The summed E-state index contributed by atoms with van der Waals surface area (Å²) in [6.45, 7) is 4.11. The van der Waals surface area contributed by atoms with E-state index in [1.165, 1.54) is 11.1 Å². The predicted octanol–water partition coefficient (Wildman–Crippen LogP) is 4.08. The largest absolute Gasteiger partial charge is 0.339 e. The van der Waals surface area contributed by atoms with Crippen molar-refractivity contribution < 1.29 is 0 Å². The average molecular weight is 302 g/mol. The van der Waals surface area contributed by atoms with Gasteiger partial charge in [-0.3, -0.25) is 0 Å². The number of nitrogens with one attached hydrogen (secondary N) is 1. The molecule has 0 saturated carbocycles. The lowest BCUT2D eigenvalue weighted by Crippen LogP contribution is -1.96. The highest BCUT2D eigenvalue weighted by molar-refractivity contribution is 9.10. The molecule has 0 atom stereocenters. The lowest BCUT2D eigenvalue weighted by molar-refractivity contribution is 1.26. The van der Waals surface area contributed by atoms with Crippen LogP contribution in [0.4, 0.5) is 11.5 Å². The zero-order valence-electron chi connectivity index (χ0n) is 10.2. The minimum Gasteiger partial charge on any atom is -0.339 e. The third-order valence-corrected chi connectivity index (χ3v) is 3.06. The first-order valence-electron chi connectivity index (χ1n) is 5.49. The number of halogens is 1. The Bertz CT molecular complexity index is 609. The van der Waals surface area contributed by atoms with Crippen molar-refractivity contribution in [2.75, 3.05) is 5.32 Å². The second-order valence-corrected chi connectivity index (χ2v) is 5.02. The van der Waals surface area contributed by atoms with Gasteiger partial charge in [-0.2, -0.15) is 5.26 Å². The molecule has 0 bridgehead atoms. The Labute approximate surface area is 115 Å². The Kier molecular flexibility index (Phi) is 3.63. The van der Waals surface area contributed by atoms with Gasteiger partial charge in [-0.15, -0.1) is 0 Å². The highest BCUT2D eigenvalue weighted by Gasteiger charge is 2.04. The van der Waals surface area contributed by atoms with Crippen LogP contribution in [0.15, 0.2) is 34.9 Å². The minimum atomic E-state index is 0.535. The van der Waals surface area contributed by atoms with Gasteiger partial charge in [0.1, 0.15) is 11.9 Å². The normalized spacial score (nSPS) is 9.89. The molecule has 3 nitrogen and oxygen atoms in total. The van der Waals surface area contributed by atoms with Crippen molar-refractivity contribution in [3.8, 4) is 6.07 Å². The van der Waals surface area contributed by atoms with E-state index in [0.29, 0.717) is 11.4 Å². The van der Waals surface area contributed by atoms with E-state index in [2.05, 4.69) is 64.3 Å². The summed E-state index contributed by atoms with van der Waals surface area (Å²) in [5.74, 6) is 0.707. The van der Waals surface area contributed by atoms with Crippen LogP contribution in [0.3, 0.4) is 0 Å². The molecule has 0 spiro atoms. The fourth-order valence-corrected chi connectivity index (χ4v) is 2.22. The maximum Gasteiger partial charge on any atom is 0.144 e. The van der Waals surface area contributed by atoms with Crippen molar-refractivity contribution in [2.24, 2.45) is 0 Å². The van der Waals surface area contributed by atoms with Crippen LogP contribution >= 0.6 is 15.9 Å². The number of anilines is 2. The zero-order chi connectivity index (χ0) is 13.1. The number of nitrogens with zero attached hydrogens (tertiary/aromatic N) is 2. The van der Waals surface area contributed by atoms with Crippen LogP contribution in [-0.4, -0.2) is 4.98 Å². The number of hydrogen-bond donors (Lipinski definition) is 1. The zero-order valence-corrected chi connectivity index (χ0v) is 11.7. The van der Waals surface area contributed by atoms with Crippen LogP contribution in [0.1, 0.15) is 16.7 Å². The van der Waals surface area contributed by atoms with Crippen molar-refractivity contribution in [1.82, 2.24) is 4.98 Å². The van der Waals surface area contributed by atoms with E-state index in [1.54, 1.807) is 12.3 Å². The Balaban J connectivity index is 2.31. The summed E-state index contributed by atoms with van der Waals surface area (Å²) in [7, 11) is 0. The van der Waals surface area contributed by atoms with Gasteiger partial charge in [-0.1, -0.05) is 6.07 Å². The molecule has 2 rings (SSSR count). The van der Waals surface area contributed by atoms with Crippen LogP contribution in [0, 0.1) is 25.2 Å². The van der Waals surface area contributed by atoms with Crippen molar-refractivity contribution in [1.29, 1.82) is 5.26 Å². The Hall–Kier alpha value is -1.86. The number of rotatable bonds is 2. The van der Waals surface area contributed by atoms with Crippen LogP contribution in [0.2, 0.25) is 0 Å². The molecule has 4 heteroatoms. The van der Waals surface area contributed by atoms with Gasteiger partial charge >= 0.3 is 0 Å². The van der Waals surface area contributed by atoms with Gasteiger partial charge < -0.3 is 5.32 Å². The van der Waals surface area contributed by atoms with Crippen LogP contribution in [-0.2, 0) is 0 Å². The maximum atomic E-state index is 8.78. The topological polar surface area (TPSA) is 48.7 Å². The SMILES string of the molecule is Cc1cc(C)cc(Nc2ncc(C#N)cc2Br)c1. The van der Waals surface area contributed by atoms with Crippen molar-refractivity contribution in [3.05, 3.63) is 51.6 Å². The fraction of sp³-hybridized carbons (Fsp3) is 0.143. The molecule has 1 aromatic heterocycles. The van der Waals surface area contributed by atoms with Gasteiger partial charge in [0.2, 0.25) is 0 Å². The van der Waals surface area contributed by atoms with Crippen LogP contribution in [0.5, 0.6) is 0 Å². The van der Waals surface area contributed by atoms with E-state index in [4.69, 9.17) is 5.26 Å². The molecule has 0 saturated heterocycles. The van der Waals surface area contributed by atoms with Crippen molar-refractivity contribution >= 4 is 27.4 Å². The highest BCUT2D eigenvalue weighted by Crippen LogP contribution is 2.25. The molecule has 1 heterocycles. The number of nitriles is 1. The summed E-state index contributed by atoms with van der Waals surface area (Å²) in [5.41, 5.74) is 3.92. The number of aryl methyl sites for hydroxylation is 2. The van der Waals surface area contributed by atoms with Crippen LogP contribution in [0.25, 0.3) is 0 Å². The van der Waals surface area contributed by atoms with E-state index in [-0.39, 0.29) is 0 Å². The monoisotopic (exact) mass is 301 g/mol. The van der Waals surface area contributed by atoms with Gasteiger partial charge in [0.05, 0.1) is 10.0 Å². The summed E-state index contributed by atoms with van der Waals surface area (Å²) >= 11 is 3.41. The predicted molar refractivity (Wildman–Crippen MR) is 75.9 cm³/mol. The Morgan fingerprint density at radius 2 is 1.83 bits per heavy atom. The second-order valence-electron chi connectivity index (χ2n) is 4.17. The Morgan fingerprint density at radius 1 is 1.17 bits per heavy atom. The summed E-state index contributed by atoms with van der Waals surface area (Å²) in [5, 5.41) is 12.0. The smallest absolute Gasteiger partial charge is 0.144 e. The first-order valence-corrected chi connectivity index (χ1v) is 6.29. The quantitative estimate of drug-likeness (QED) is 0.909. The lowest BCUT2D eigenvalue weighted by Gasteiger charge is -2.09. The van der Waals surface area contributed by atoms with E-state index >= 15 is 0 Å². The standard InChI is InChI=1S/C14H12BrN3/c1-9-3-10(2)5-12(4-9)18-14-13(15)6-11(7-16)8-17-14/h3-6,8H,1-2H3,(H,17,18). The summed E-state index contributed by atoms with van der Waals surface area (Å²) < 4.78 is 0.778. The molecule has 0 amide bonds. The Morgan fingerprint density at radius 3 is 2.39 bits per heavy atom. The molecular weight excluding hydrogens is 290 g/mol. The molecule has 18 heavy (non-hydrogen) atoms. The fourth-order valence-electron chi connectivity index (χ4n) is 1.77. The van der Waals surface area contributed by atoms with E-state index in [9.17, 15) is 0 Å². The molecule has 0 fully saturated rings. The average Bonchev–Trinajstić information content (AvgIpc) is 2.30.